The minimum atomic E-state index is -0.765. The van der Waals surface area contributed by atoms with Crippen LogP contribution in [0.15, 0.2) is 28.9 Å². The van der Waals surface area contributed by atoms with E-state index in [4.69, 9.17) is 27.6 Å². The van der Waals surface area contributed by atoms with E-state index in [0.717, 1.165) is 4.88 Å². The Morgan fingerprint density at radius 2 is 2.07 bits per heavy atom. The van der Waals surface area contributed by atoms with Crippen molar-refractivity contribution in [1.29, 1.82) is 0 Å². The zero-order valence-corrected chi connectivity index (χ0v) is 9.23. The normalized spacial score (nSPS) is 13.1. The molecule has 2 rings (SSSR count). The van der Waals surface area contributed by atoms with Gasteiger partial charge in [-0.05, 0) is 29.8 Å². The van der Waals surface area contributed by atoms with Gasteiger partial charge >= 0.3 is 0 Å². The lowest BCUT2D eigenvalue weighted by molar-refractivity contribution is 0.223. The van der Waals surface area contributed by atoms with Crippen molar-refractivity contribution in [2.75, 3.05) is 0 Å². The van der Waals surface area contributed by atoms with E-state index in [1.54, 1.807) is 18.2 Å². The Bertz CT molecular complexity index is 435. The number of thiophene rings is 1. The fourth-order valence-electron chi connectivity index (χ4n) is 1.13. The first-order valence-corrected chi connectivity index (χ1v) is 5.42. The van der Waals surface area contributed by atoms with Crippen LogP contribution in [0.3, 0.4) is 0 Å². The lowest BCUT2D eigenvalue weighted by Crippen LogP contribution is -1.94. The molecule has 1 unspecified atom stereocenters. The van der Waals surface area contributed by atoms with Gasteiger partial charge in [-0.15, -0.1) is 11.3 Å². The molecule has 0 aliphatic rings. The molecule has 1 atom stereocenters. The summed E-state index contributed by atoms with van der Waals surface area (Å²) < 4.78 is 5.53. The van der Waals surface area contributed by atoms with Crippen LogP contribution >= 0.6 is 34.5 Å². The average Bonchev–Trinajstić information content (AvgIpc) is 2.73. The molecule has 0 aliphatic heterocycles. The quantitative estimate of drug-likeness (QED) is 0.879. The van der Waals surface area contributed by atoms with Gasteiger partial charge in [0.2, 0.25) is 0 Å². The highest BCUT2D eigenvalue weighted by atomic mass is 35.5. The molecule has 2 heterocycles. The fourth-order valence-corrected chi connectivity index (χ4v) is 2.41. The zero-order chi connectivity index (χ0) is 10.1. The summed E-state index contributed by atoms with van der Waals surface area (Å²) in [4.78, 5) is 0.748. The highest BCUT2D eigenvalue weighted by molar-refractivity contribution is 7.16. The molecule has 0 bridgehead atoms. The molecule has 74 valence electrons. The van der Waals surface area contributed by atoms with Crippen molar-refractivity contribution in [3.8, 4) is 0 Å². The Balaban J connectivity index is 2.33. The van der Waals surface area contributed by atoms with Gasteiger partial charge in [0.25, 0.3) is 0 Å². The lowest BCUT2D eigenvalue weighted by atomic mass is 10.2. The summed E-state index contributed by atoms with van der Waals surface area (Å²) in [7, 11) is 0. The predicted octanol–water partition coefficient (Wildman–Crippen LogP) is 3.73. The second-order valence-electron chi connectivity index (χ2n) is 2.69. The molecule has 0 aromatic carbocycles. The van der Waals surface area contributed by atoms with Crippen molar-refractivity contribution >= 4 is 34.5 Å². The number of hydrogen-bond acceptors (Lipinski definition) is 3. The van der Waals surface area contributed by atoms with Gasteiger partial charge in [-0.2, -0.15) is 0 Å². The highest BCUT2D eigenvalue weighted by Gasteiger charge is 2.17. The van der Waals surface area contributed by atoms with Crippen molar-refractivity contribution in [3.05, 3.63) is 44.5 Å². The monoisotopic (exact) mass is 248 g/mol. The van der Waals surface area contributed by atoms with E-state index in [1.807, 2.05) is 0 Å². The van der Waals surface area contributed by atoms with Gasteiger partial charge in [-0.3, -0.25) is 0 Å². The van der Waals surface area contributed by atoms with Crippen molar-refractivity contribution < 1.29 is 9.52 Å². The van der Waals surface area contributed by atoms with Crippen molar-refractivity contribution in [3.63, 3.8) is 0 Å². The van der Waals surface area contributed by atoms with E-state index in [1.165, 1.54) is 17.6 Å². The Labute approximate surface area is 94.7 Å². The molecular formula is C9H6Cl2O2S. The largest absolute Gasteiger partial charge is 0.453 e. The molecule has 0 saturated carbocycles. The summed E-state index contributed by atoms with van der Waals surface area (Å²) in [5, 5.41) is 10.1. The molecule has 2 nitrogen and oxygen atoms in total. The molecule has 0 amide bonds. The highest BCUT2D eigenvalue weighted by Crippen LogP contribution is 2.34. The topological polar surface area (TPSA) is 33.4 Å². The van der Waals surface area contributed by atoms with Crippen molar-refractivity contribution in [1.82, 2.24) is 0 Å². The molecule has 2 aromatic rings. The second-order valence-corrected chi connectivity index (χ2v) is 4.78. The van der Waals surface area contributed by atoms with Crippen molar-refractivity contribution in [2.24, 2.45) is 0 Å². The third-order valence-corrected chi connectivity index (χ3v) is 3.40. The van der Waals surface area contributed by atoms with E-state index in [2.05, 4.69) is 0 Å². The SMILES string of the molecule is OC(c1ccc(Cl)s1)c1ccoc1Cl. The van der Waals surface area contributed by atoms with Crippen LogP contribution in [0.4, 0.5) is 0 Å². The van der Waals surface area contributed by atoms with E-state index in [-0.39, 0.29) is 5.22 Å². The molecule has 0 saturated heterocycles. The Kier molecular flexibility index (Phi) is 2.83. The first-order valence-electron chi connectivity index (χ1n) is 3.84. The third kappa shape index (κ3) is 1.81. The predicted molar refractivity (Wildman–Crippen MR) is 57.1 cm³/mol. The van der Waals surface area contributed by atoms with Crippen LogP contribution in [-0.2, 0) is 0 Å². The first kappa shape index (κ1) is 10.1. The minimum absolute atomic E-state index is 0.210. The van der Waals surface area contributed by atoms with Crippen molar-refractivity contribution in [2.45, 2.75) is 6.10 Å². The number of furan rings is 1. The second kappa shape index (κ2) is 3.95. The summed E-state index contributed by atoms with van der Waals surface area (Å²) in [6.07, 6.45) is 0.676. The van der Waals surface area contributed by atoms with E-state index in [0.29, 0.717) is 9.90 Å². The zero-order valence-electron chi connectivity index (χ0n) is 6.91. The first-order chi connectivity index (χ1) is 6.68. The van der Waals surface area contributed by atoms with Gasteiger partial charge < -0.3 is 9.52 Å². The molecule has 0 spiro atoms. The molecule has 0 fully saturated rings. The van der Waals surface area contributed by atoms with Gasteiger partial charge in [0.1, 0.15) is 6.10 Å². The van der Waals surface area contributed by atoms with Crippen LogP contribution in [0.1, 0.15) is 16.5 Å². The molecule has 2 aromatic heterocycles. The summed E-state index contributed by atoms with van der Waals surface area (Å²) in [5.74, 6) is 0. The summed E-state index contributed by atoms with van der Waals surface area (Å²) in [5.41, 5.74) is 0.560. The van der Waals surface area contributed by atoms with Crippen LogP contribution in [0.25, 0.3) is 0 Å². The fraction of sp³-hybridized carbons (Fsp3) is 0.111. The maximum Gasteiger partial charge on any atom is 0.199 e. The molecule has 0 aliphatic carbocycles. The van der Waals surface area contributed by atoms with Gasteiger partial charge in [0, 0.05) is 10.4 Å². The number of rotatable bonds is 2. The molecule has 5 heteroatoms. The molecular weight excluding hydrogens is 243 g/mol. The van der Waals surface area contributed by atoms with E-state index in [9.17, 15) is 5.11 Å². The summed E-state index contributed by atoms with van der Waals surface area (Å²) in [6.45, 7) is 0. The number of halogens is 2. The summed E-state index contributed by atoms with van der Waals surface area (Å²) in [6, 6.07) is 5.14. The number of aliphatic hydroxyl groups is 1. The van der Waals surface area contributed by atoms with Gasteiger partial charge in [-0.1, -0.05) is 11.6 Å². The van der Waals surface area contributed by atoms with E-state index >= 15 is 0 Å². The number of hydrogen-bond donors (Lipinski definition) is 1. The van der Waals surface area contributed by atoms with Gasteiger partial charge in [0.05, 0.1) is 10.6 Å². The van der Waals surface area contributed by atoms with Crippen LogP contribution < -0.4 is 0 Å². The smallest absolute Gasteiger partial charge is 0.199 e. The maximum absolute atomic E-state index is 9.88. The molecule has 1 N–H and O–H groups in total. The van der Waals surface area contributed by atoms with Gasteiger partial charge in [-0.25, -0.2) is 0 Å². The van der Waals surface area contributed by atoms with Crippen LogP contribution in [0.5, 0.6) is 0 Å². The Morgan fingerprint density at radius 3 is 2.57 bits per heavy atom. The standard InChI is InChI=1S/C9H6Cl2O2S/c10-7-2-1-6(14-7)8(12)5-3-4-13-9(5)11/h1-4,8,12H. The third-order valence-electron chi connectivity index (χ3n) is 1.80. The van der Waals surface area contributed by atoms with Crippen LogP contribution in [0, 0.1) is 0 Å². The van der Waals surface area contributed by atoms with E-state index < -0.39 is 6.10 Å². The minimum Gasteiger partial charge on any atom is -0.453 e. The number of aliphatic hydroxyl groups excluding tert-OH is 1. The molecule has 0 radical (unpaired) electrons. The summed E-state index contributed by atoms with van der Waals surface area (Å²) >= 11 is 12.8. The molecule has 14 heavy (non-hydrogen) atoms. The average molecular weight is 249 g/mol. The maximum atomic E-state index is 9.88. The van der Waals surface area contributed by atoms with Crippen LogP contribution in [-0.4, -0.2) is 5.11 Å². The lowest BCUT2D eigenvalue weighted by Gasteiger charge is -2.05. The Morgan fingerprint density at radius 1 is 1.29 bits per heavy atom. The van der Waals surface area contributed by atoms with Crippen LogP contribution in [0.2, 0.25) is 9.56 Å². The van der Waals surface area contributed by atoms with Gasteiger partial charge in [0.15, 0.2) is 5.22 Å². The Hall–Kier alpha value is -0.480.